The Morgan fingerprint density at radius 1 is 1.47 bits per heavy atom. The fourth-order valence-electron chi connectivity index (χ4n) is 1.57. The van der Waals surface area contributed by atoms with Crippen molar-refractivity contribution in [3.05, 3.63) is 29.3 Å². The molecule has 1 amide bonds. The van der Waals surface area contributed by atoms with Crippen LogP contribution in [0.4, 0.5) is 23.7 Å². The zero-order chi connectivity index (χ0) is 14.8. The van der Waals surface area contributed by atoms with Crippen LogP contribution < -0.4 is 16.2 Å². The van der Waals surface area contributed by atoms with Gasteiger partial charge in [0.25, 0.3) is 0 Å². The average molecular weight is 277 g/mol. The number of nitrogens with two attached hydrogens (primary N) is 1. The fraction of sp³-hybridized carbons (Fsp3) is 0.364. The lowest BCUT2D eigenvalue weighted by atomic mass is 9.91. The zero-order valence-electron chi connectivity index (χ0n) is 9.91. The molecule has 19 heavy (non-hydrogen) atoms. The Hall–Kier alpha value is -1.80. The van der Waals surface area contributed by atoms with Crippen molar-refractivity contribution in [3.63, 3.8) is 0 Å². The lowest BCUT2D eigenvalue weighted by Gasteiger charge is -2.30. The van der Waals surface area contributed by atoms with Gasteiger partial charge in [-0.3, -0.25) is 0 Å². The van der Waals surface area contributed by atoms with Crippen molar-refractivity contribution in [2.75, 3.05) is 11.9 Å². The number of hydrogen-bond acceptors (Lipinski definition) is 4. The third-order valence-corrected chi connectivity index (χ3v) is 2.71. The molecule has 8 heteroatoms. The monoisotopic (exact) mass is 277 g/mol. The largest absolute Gasteiger partial charge is 0.530 e. The molecule has 1 aromatic rings. The second-order valence-electron chi connectivity index (χ2n) is 4.00. The molecule has 0 aliphatic rings. The van der Waals surface area contributed by atoms with E-state index in [1.807, 2.05) is 5.32 Å². The summed E-state index contributed by atoms with van der Waals surface area (Å²) in [6.45, 7) is 0.352. The van der Waals surface area contributed by atoms with E-state index >= 15 is 0 Å². The second kappa shape index (κ2) is 5.06. The summed E-state index contributed by atoms with van der Waals surface area (Å²) in [5, 5.41) is 21.9. The number of halogens is 3. The molecule has 0 aliphatic heterocycles. The number of carboxylic acid groups (broad SMARTS) is 1. The standard InChI is InChI=1S/C11H13F3N2O3/c1-6-4-7(2-3-8(6)16-9(17)18)10(19,5-15)11(12,13)14/h2-4,16,19H,5,15H2,1H3,(H,17,18)/p-1. The average Bonchev–Trinajstić information content (AvgIpc) is 2.28. The first kappa shape index (κ1) is 15.3. The molecule has 0 aliphatic carbocycles. The first-order valence-corrected chi connectivity index (χ1v) is 5.20. The number of alkyl halides is 3. The Bertz CT molecular complexity index is 491. The molecule has 0 saturated heterocycles. The number of aliphatic hydroxyl groups is 1. The van der Waals surface area contributed by atoms with Gasteiger partial charge in [0.2, 0.25) is 0 Å². The van der Waals surface area contributed by atoms with E-state index < -0.39 is 30.0 Å². The van der Waals surface area contributed by atoms with Crippen molar-refractivity contribution in [3.8, 4) is 0 Å². The first-order valence-electron chi connectivity index (χ1n) is 5.20. The fourth-order valence-corrected chi connectivity index (χ4v) is 1.57. The van der Waals surface area contributed by atoms with Crippen LogP contribution in [0.25, 0.3) is 0 Å². The van der Waals surface area contributed by atoms with Crippen LogP contribution in [0.5, 0.6) is 0 Å². The van der Waals surface area contributed by atoms with Gasteiger partial charge in [0.1, 0.15) is 6.09 Å². The normalized spacial score (nSPS) is 14.8. The SMILES string of the molecule is Cc1cc(C(O)(CN)C(F)(F)F)ccc1NC(=O)[O-]. The summed E-state index contributed by atoms with van der Waals surface area (Å²) in [6, 6.07) is 3.08. The zero-order valence-corrected chi connectivity index (χ0v) is 9.91. The van der Waals surface area contributed by atoms with E-state index in [1.165, 1.54) is 6.92 Å². The van der Waals surface area contributed by atoms with Crippen LogP contribution in [-0.4, -0.2) is 23.9 Å². The summed E-state index contributed by atoms with van der Waals surface area (Å²) >= 11 is 0. The molecule has 1 rings (SSSR count). The topological polar surface area (TPSA) is 98.4 Å². The minimum absolute atomic E-state index is 0.0743. The molecule has 0 bridgehead atoms. The molecular weight excluding hydrogens is 265 g/mol. The minimum Gasteiger partial charge on any atom is -0.530 e. The third-order valence-electron chi connectivity index (χ3n) is 2.71. The second-order valence-corrected chi connectivity index (χ2v) is 4.00. The number of carbonyl (C=O) groups excluding carboxylic acids is 1. The predicted molar refractivity (Wildman–Crippen MR) is 59.2 cm³/mol. The summed E-state index contributed by atoms with van der Waals surface area (Å²) in [6.07, 6.45) is -6.52. The van der Waals surface area contributed by atoms with Crippen LogP contribution in [0.15, 0.2) is 18.2 Å². The minimum atomic E-state index is -4.93. The quantitative estimate of drug-likeness (QED) is 0.747. The van der Waals surface area contributed by atoms with Crippen molar-refractivity contribution < 1.29 is 28.2 Å². The number of anilines is 1. The Labute approximate surface area is 106 Å². The van der Waals surface area contributed by atoms with Crippen LogP contribution in [0, 0.1) is 6.92 Å². The van der Waals surface area contributed by atoms with Crippen LogP contribution in [0.2, 0.25) is 0 Å². The number of rotatable bonds is 3. The van der Waals surface area contributed by atoms with E-state index in [9.17, 15) is 28.2 Å². The Balaban J connectivity index is 3.23. The number of hydrogen-bond donors (Lipinski definition) is 3. The van der Waals surface area contributed by atoms with Gasteiger partial charge in [-0.25, -0.2) is 0 Å². The van der Waals surface area contributed by atoms with E-state index in [1.54, 1.807) is 0 Å². The molecule has 4 N–H and O–H groups in total. The predicted octanol–water partition coefficient (Wildman–Crippen LogP) is 0.459. The molecule has 0 heterocycles. The van der Waals surface area contributed by atoms with Crippen molar-refractivity contribution in [2.24, 2.45) is 5.73 Å². The molecule has 106 valence electrons. The number of amides is 1. The van der Waals surface area contributed by atoms with Crippen molar-refractivity contribution in [1.29, 1.82) is 0 Å². The summed E-state index contributed by atoms with van der Waals surface area (Å²) in [7, 11) is 0. The van der Waals surface area contributed by atoms with Gasteiger partial charge in [-0.2, -0.15) is 13.2 Å². The van der Waals surface area contributed by atoms with Crippen LogP contribution in [0.3, 0.4) is 0 Å². The maximum absolute atomic E-state index is 12.8. The van der Waals surface area contributed by atoms with E-state index in [-0.39, 0.29) is 11.3 Å². The van der Waals surface area contributed by atoms with E-state index in [0.29, 0.717) is 0 Å². The van der Waals surface area contributed by atoms with Gasteiger partial charge in [-0.05, 0) is 24.1 Å². The molecule has 0 saturated carbocycles. The van der Waals surface area contributed by atoms with Crippen molar-refractivity contribution >= 4 is 11.8 Å². The summed E-state index contributed by atoms with van der Waals surface area (Å²) in [5.41, 5.74) is 1.66. The van der Waals surface area contributed by atoms with Gasteiger partial charge in [-0.1, -0.05) is 12.1 Å². The van der Waals surface area contributed by atoms with E-state index in [2.05, 4.69) is 0 Å². The maximum atomic E-state index is 12.8. The van der Waals surface area contributed by atoms with Crippen LogP contribution in [0.1, 0.15) is 11.1 Å². The van der Waals surface area contributed by atoms with Gasteiger partial charge in [0, 0.05) is 12.2 Å². The summed E-state index contributed by atoms with van der Waals surface area (Å²) in [4.78, 5) is 10.3. The Morgan fingerprint density at radius 3 is 2.42 bits per heavy atom. The number of aryl methyl sites for hydroxylation is 1. The van der Waals surface area contributed by atoms with Crippen molar-refractivity contribution in [2.45, 2.75) is 18.7 Å². The molecule has 1 atom stereocenters. The van der Waals surface area contributed by atoms with Gasteiger partial charge in [0.15, 0.2) is 5.60 Å². The van der Waals surface area contributed by atoms with Crippen molar-refractivity contribution in [1.82, 2.24) is 0 Å². The van der Waals surface area contributed by atoms with Gasteiger partial charge >= 0.3 is 6.18 Å². The molecule has 0 aromatic heterocycles. The van der Waals surface area contributed by atoms with Crippen LogP contribution >= 0.6 is 0 Å². The highest BCUT2D eigenvalue weighted by Crippen LogP contribution is 2.39. The van der Waals surface area contributed by atoms with Crippen LogP contribution in [-0.2, 0) is 5.60 Å². The summed E-state index contributed by atoms with van der Waals surface area (Å²) in [5.74, 6) is 0. The smallest absolute Gasteiger partial charge is 0.422 e. The highest BCUT2D eigenvalue weighted by Gasteiger charge is 2.54. The molecule has 0 fully saturated rings. The van der Waals surface area contributed by atoms with E-state index in [0.717, 1.165) is 18.2 Å². The van der Waals surface area contributed by atoms with Gasteiger partial charge in [0.05, 0.1) is 0 Å². The Morgan fingerprint density at radius 2 is 2.05 bits per heavy atom. The van der Waals surface area contributed by atoms with Gasteiger partial charge in [-0.15, -0.1) is 0 Å². The number of nitrogens with one attached hydrogen (secondary N) is 1. The molecular formula is C11H12F3N2O3-. The molecule has 1 aromatic carbocycles. The lowest BCUT2D eigenvalue weighted by Crippen LogP contribution is -2.48. The van der Waals surface area contributed by atoms with Gasteiger partial charge < -0.3 is 26.1 Å². The van der Waals surface area contributed by atoms with E-state index in [4.69, 9.17) is 5.73 Å². The lowest BCUT2D eigenvalue weighted by molar-refractivity contribution is -0.262. The number of carbonyl (C=O) groups is 1. The molecule has 1 unspecified atom stereocenters. The molecule has 5 nitrogen and oxygen atoms in total. The maximum Gasteiger partial charge on any atom is 0.422 e. The highest BCUT2D eigenvalue weighted by molar-refractivity contribution is 5.82. The highest BCUT2D eigenvalue weighted by atomic mass is 19.4. The third kappa shape index (κ3) is 2.96. The molecule has 0 radical (unpaired) electrons. The number of benzene rings is 1. The summed E-state index contributed by atoms with van der Waals surface area (Å²) < 4.78 is 38.3. The first-order chi connectivity index (χ1) is 8.61. The Kier molecular flexibility index (Phi) is 4.06. The molecule has 0 spiro atoms.